The third-order valence-corrected chi connectivity index (χ3v) is 4.11. The van der Waals surface area contributed by atoms with Crippen molar-refractivity contribution in [1.29, 1.82) is 0 Å². The van der Waals surface area contributed by atoms with Gasteiger partial charge in [-0.05, 0) is 37.3 Å². The maximum atomic E-state index is 4.54. The van der Waals surface area contributed by atoms with E-state index in [4.69, 9.17) is 0 Å². The molecule has 2 aromatic carbocycles. The molecule has 0 aliphatic heterocycles. The van der Waals surface area contributed by atoms with Crippen molar-refractivity contribution in [3.05, 3.63) is 73.1 Å². The van der Waals surface area contributed by atoms with Crippen LogP contribution in [0.5, 0.6) is 0 Å². The van der Waals surface area contributed by atoms with Gasteiger partial charge in [-0.2, -0.15) is 5.10 Å². The first kappa shape index (κ1) is 14.5. The molecule has 4 heteroatoms. The number of benzene rings is 2. The van der Waals surface area contributed by atoms with E-state index in [0.717, 1.165) is 40.1 Å². The van der Waals surface area contributed by atoms with Gasteiger partial charge in [0.25, 0.3) is 0 Å². The Morgan fingerprint density at radius 2 is 1.83 bits per heavy atom. The minimum absolute atomic E-state index is 0.851. The van der Waals surface area contributed by atoms with Crippen LogP contribution in [-0.2, 0) is 6.54 Å². The van der Waals surface area contributed by atoms with Gasteiger partial charge in [-0.1, -0.05) is 30.3 Å². The van der Waals surface area contributed by atoms with Crippen LogP contribution in [0.2, 0.25) is 0 Å². The summed E-state index contributed by atoms with van der Waals surface area (Å²) in [5.41, 5.74) is 5.34. The summed E-state index contributed by atoms with van der Waals surface area (Å²) in [5.74, 6) is 0. The van der Waals surface area contributed by atoms with E-state index < -0.39 is 0 Å². The molecule has 0 saturated heterocycles. The molecule has 0 aliphatic carbocycles. The minimum Gasteiger partial charge on any atom is -0.355 e. The zero-order chi connectivity index (χ0) is 16.4. The van der Waals surface area contributed by atoms with Gasteiger partial charge in [0.15, 0.2) is 0 Å². The summed E-state index contributed by atoms with van der Waals surface area (Å²) in [6, 6.07) is 20.6. The first-order valence-electron chi connectivity index (χ1n) is 8.08. The van der Waals surface area contributed by atoms with E-state index in [2.05, 4.69) is 52.7 Å². The van der Waals surface area contributed by atoms with Crippen molar-refractivity contribution in [2.24, 2.45) is 0 Å². The maximum Gasteiger partial charge on any atom is 0.0729 e. The zero-order valence-electron chi connectivity index (χ0n) is 13.5. The van der Waals surface area contributed by atoms with Crippen LogP contribution in [0.3, 0.4) is 0 Å². The number of anilines is 2. The highest BCUT2D eigenvalue weighted by atomic mass is 15.3. The molecule has 0 bridgehead atoms. The summed E-state index contributed by atoms with van der Waals surface area (Å²) < 4.78 is 1.99. The smallest absolute Gasteiger partial charge is 0.0729 e. The molecule has 118 valence electrons. The highest BCUT2D eigenvalue weighted by molar-refractivity contribution is 5.94. The average Bonchev–Trinajstić information content (AvgIpc) is 3.11. The number of para-hydroxylation sites is 1. The molecule has 0 amide bonds. The molecule has 0 atom stereocenters. The molecule has 0 saturated carbocycles. The highest BCUT2D eigenvalue weighted by Crippen LogP contribution is 2.29. The van der Waals surface area contributed by atoms with Crippen molar-refractivity contribution in [2.45, 2.75) is 13.5 Å². The Morgan fingerprint density at radius 3 is 2.67 bits per heavy atom. The third-order valence-electron chi connectivity index (χ3n) is 4.11. The highest BCUT2D eigenvalue weighted by Gasteiger charge is 2.08. The summed E-state index contributed by atoms with van der Waals surface area (Å²) in [6.45, 7) is 2.95. The molecular weight excluding hydrogens is 296 g/mol. The van der Waals surface area contributed by atoms with Gasteiger partial charge in [0, 0.05) is 41.3 Å². The van der Waals surface area contributed by atoms with E-state index in [1.165, 1.54) is 0 Å². The molecule has 0 fully saturated rings. The summed E-state index contributed by atoms with van der Waals surface area (Å²) in [5, 5.41) is 8.92. The minimum atomic E-state index is 0.851. The lowest BCUT2D eigenvalue weighted by Gasteiger charge is -2.11. The van der Waals surface area contributed by atoms with Crippen LogP contribution in [0.15, 0.2) is 73.1 Å². The van der Waals surface area contributed by atoms with Crippen LogP contribution in [0.1, 0.15) is 6.92 Å². The van der Waals surface area contributed by atoms with Crippen LogP contribution < -0.4 is 5.32 Å². The fourth-order valence-electron chi connectivity index (χ4n) is 2.92. The molecule has 0 unspecified atom stereocenters. The van der Waals surface area contributed by atoms with Gasteiger partial charge in [-0.25, -0.2) is 0 Å². The van der Waals surface area contributed by atoms with Crippen molar-refractivity contribution < 1.29 is 0 Å². The lowest BCUT2D eigenvalue weighted by Crippen LogP contribution is -1.99. The number of hydrogen-bond donors (Lipinski definition) is 1. The number of aryl methyl sites for hydroxylation is 1. The third kappa shape index (κ3) is 2.63. The monoisotopic (exact) mass is 314 g/mol. The van der Waals surface area contributed by atoms with Gasteiger partial charge < -0.3 is 5.32 Å². The summed E-state index contributed by atoms with van der Waals surface area (Å²) in [6.07, 6.45) is 3.68. The molecular formula is C20H18N4. The van der Waals surface area contributed by atoms with Crippen LogP contribution in [0, 0.1) is 0 Å². The second-order valence-corrected chi connectivity index (χ2v) is 5.61. The molecule has 0 aliphatic rings. The van der Waals surface area contributed by atoms with Gasteiger partial charge in [-0.15, -0.1) is 0 Å². The first-order chi connectivity index (χ1) is 11.8. The van der Waals surface area contributed by atoms with E-state index in [0.29, 0.717) is 0 Å². The van der Waals surface area contributed by atoms with Crippen molar-refractivity contribution in [2.75, 3.05) is 5.32 Å². The molecule has 4 rings (SSSR count). The largest absolute Gasteiger partial charge is 0.355 e. The Bertz CT molecular complexity index is 973. The SMILES string of the molecule is CCn1nccc1-c1ccc2c(Nc3ccccc3)ccnc2c1. The van der Waals surface area contributed by atoms with Crippen LogP contribution in [0.4, 0.5) is 11.4 Å². The molecule has 24 heavy (non-hydrogen) atoms. The van der Waals surface area contributed by atoms with E-state index in [-0.39, 0.29) is 0 Å². The van der Waals surface area contributed by atoms with Crippen LogP contribution in [-0.4, -0.2) is 14.8 Å². The van der Waals surface area contributed by atoms with E-state index in [9.17, 15) is 0 Å². The van der Waals surface area contributed by atoms with Crippen molar-refractivity contribution in [3.63, 3.8) is 0 Å². The number of hydrogen-bond acceptors (Lipinski definition) is 3. The Morgan fingerprint density at radius 1 is 0.958 bits per heavy atom. The van der Waals surface area contributed by atoms with Gasteiger partial charge in [-0.3, -0.25) is 9.67 Å². The second kappa shape index (κ2) is 6.16. The normalized spacial score (nSPS) is 10.9. The summed E-state index contributed by atoms with van der Waals surface area (Å²) >= 11 is 0. The van der Waals surface area contributed by atoms with Crippen LogP contribution >= 0.6 is 0 Å². The van der Waals surface area contributed by atoms with Gasteiger partial charge in [0.2, 0.25) is 0 Å². The van der Waals surface area contributed by atoms with E-state index in [1.54, 1.807) is 0 Å². The van der Waals surface area contributed by atoms with Crippen molar-refractivity contribution in [1.82, 2.24) is 14.8 Å². The molecule has 0 radical (unpaired) electrons. The molecule has 0 spiro atoms. The number of aromatic nitrogens is 3. The molecule has 2 heterocycles. The first-order valence-corrected chi connectivity index (χ1v) is 8.08. The Labute approximate surface area is 140 Å². The second-order valence-electron chi connectivity index (χ2n) is 5.61. The molecule has 1 N–H and O–H groups in total. The number of pyridine rings is 1. The van der Waals surface area contributed by atoms with E-state index in [1.807, 2.05) is 47.4 Å². The maximum absolute atomic E-state index is 4.54. The fraction of sp³-hybridized carbons (Fsp3) is 0.100. The fourth-order valence-corrected chi connectivity index (χ4v) is 2.92. The van der Waals surface area contributed by atoms with Crippen LogP contribution in [0.25, 0.3) is 22.2 Å². The summed E-state index contributed by atoms with van der Waals surface area (Å²) in [7, 11) is 0. The average molecular weight is 314 g/mol. The quantitative estimate of drug-likeness (QED) is 0.585. The predicted octanol–water partition coefficient (Wildman–Crippen LogP) is 4.86. The zero-order valence-corrected chi connectivity index (χ0v) is 13.5. The van der Waals surface area contributed by atoms with Gasteiger partial charge in [0.05, 0.1) is 11.2 Å². The Balaban J connectivity index is 1.76. The number of rotatable bonds is 4. The lowest BCUT2D eigenvalue weighted by atomic mass is 10.1. The van der Waals surface area contributed by atoms with Gasteiger partial charge >= 0.3 is 0 Å². The lowest BCUT2D eigenvalue weighted by molar-refractivity contribution is 0.667. The molecule has 2 aromatic heterocycles. The molecule has 4 aromatic rings. The number of nitrogens with zero attached hydrogens (tertiary/aromatic N) is 3. The standard InChI is InChI=1S/C20H18N4/c1-2-24-20(11-13-22-24)15-8-9-17-18(10-12-21-19(17)14-15)23-16-6-4-3-5-7-16/h3-14H,2H2,1H3,(H,21,23). The van der Waals surface area contributed by atoms with Crippen molar-refractivity contribution in [3.8, 4) is 11.3 Å². The Hall–Kier alpha value is -3.14. The van der Waals surface area contributed by atoms with E-state index >= 15 is 0 Å². The van der Waals surface area contributed by atoms with Gasteiger partial charge in [0.1, 0.15) is 0 Å². The molecule has 4 nitrogen and oxygen atoms in total. The Kier molecular flexibility index (Phi) is 3.71. The topological polar surface area (TPSA) is 42.7 Å². The number of nitrogens with one attached hydrogen (secondary N) is 1. The van der Waals surface area contributed by atoms with Crippen molar-refractivity contribution >= 4 is 22.3 Å². The predicted molar refractivity (Wildman–Crippen MR) is 98.4 cm³/mol. The summed E-state index contributed by atoms with van der Waals surface area (Å²) in [4.78, 5) is 4.54. The number of fused-ring (bicyclic) bond motifs is 1.